The van der Waals surface area contributed by atoms with Crippen LogP contribution in [0.1, 0.15) is 18.1 Å². The van der Waals surface area contributed by atoms with Crippen LogP contribution < -0.4 is 15.4 Å². The number of halogens is 2. The van der Waals surface area contributed by atoms with Crippen LogP contribution in [0.5, 0.6) is 5.75 Å². The molecule has 0 bridgehead atoms. The van der Waals surface area contributed by atoms with Crippen LogP contribution in [-0.4, -0.2) is 37.7 Å². The molecule has 5 nitrogen and oxygen atoms in total. The molecule has 1 heterocycles. The summed E-state index contributed by atoms with van der Waals surface area (Å²) < 4.78 is 5.53. The Morgan fingerprint density at radius 1 is 1.12 bits per heavy atom. The summed E-state index contributed by atoms with van der Waals surface area (Å²) in [5.74, 6) is 1.71. The third kappa shape index (κ3) is 8.23. The fraction of sp³-hybridized carbons (Fsp3) is 0.368. The van der Waals surface area contributed by atoms with Crippen molar-refractivity contribution in [2.75, 3.05) is 26.7 Å². The van der Waals surface area contributed by atoms with E-state index in [-0.39, 0.29) is 24.0 Å². The smallest absolute Gasteiger partial charge is 0.190 e. The highest BCUT2D eigenvalue weighted by atomic mass is 127. The van der Waals surface area contributed by atoms with Crippen LogP contribution in [-0.2, 0) is 12.8 Å². The molecule has 0 unspecified atom stereocenters. The van der Waals surface area contributed by atoms with Gasteiger partial charge >= 0.3 is 0 Å². The summed E-state index contributed by atoms with van der Waals surface area (Å²) >= 11 is 5.79. The molecule has 0 amide bonds. The van der Waals surface area contributed by atoms with Crippen LogP contribution in [0, 0.1) is 0 Å². The number of pyridine rings is 1. The number of nitrogens with one attached hydrogen (secondary N) is 2. The van der Waals surface area contributed by atoms with Crippen LogP contribution in [0.25, 0.3) is 0 Å². The normalized spacial score (nSPS) is 10.8. The van der Waals surface area contributed by atoms with E-state index in [4.69, 9.17) is 16.3 Å². The lowest BCUT2D eigenvalue weighted by Crippen LogP contribution is -2.39. The first-order valence-corrected chi connectivity index (χ1v) is 8.85. The molecule has 0 fully saturated rings. The molecule has 0 spiro atoms. The molecule has 7 heteroatoms. The van der Waals surface area contributed by atoms with E-state index in [0.29, 0.717) is 11.8 Å². The molecule has 0 saturated heterocycles. The molecule has 0 radical (unpaired) electrons. The van der Waals surface area contributed by atoms with Gasteiger partial charge in [0.05, 0.1) is 6.61 Å². The van der Waals surface area contributed by atoms with E-state index in [9.17, 15) is 0 Å². The molecular weight excluding hydrogens is 463 g/mol. The van der Waals surface area contributed by atoms with Gasteiger partial charge in [0, 0.05) is 26.3 Å². The van der Waals surface area contributed by atoms with Gasteiger partial charge in [0.2, 0.25) is 0 Å². The number of nitrogens with zero attached hydrogens (tertiary/aromatic N) is 2. The average Bonchev–Trinajstić information content (AvgIpc) is 2.63. The summed E-state index contributed by atoms with van der Waals surface area (Å²) in [5, 5.41) is 7.15. The van der Waals surface area contributed by atoms with Crippen molar-refractivity contribution in [1.82, 2.24) is 15.6 Å². The first-order valence-electron chi connectivity index (χ1n) is 8.48. The number of hydrogen-bond acceptors (Lipinski definition) is 3. The van der Waals surface area contributed by atoms with Crippen molar-refractivity contribution >= 4 is 41.5 Å². The van der Waals surface area contributed by atoms with Gasteiger partial charge in [-0.05, 0) is 49.1 Å². The van der Waals surface area contributed by atoms with Gasteiger partial charge in [-0.25, -0.2) is 4.98 Å². The van der Waals surface area contributed by atoms with E-state index < -0.39 is 0 Å². The topological polar surface area (TPSA) is 58.5 Å². The SMILES string of the molecule is CCOc1cccc(CCNC(=NC)NCCc2ccc(Cl)nc2)c1.I. The number of aromatic nitrogens is 1. The van der Waals surface area contributed by atoms with Crippen molar-refractivity contribution in [3.63, 3.8) is 0 Å². The highest BCUT2D eigenvalue weighted by Gasteiger charge is 2.00. The molecule has 2 N–H and O–H groups in total. The first-order chi connectivity index (χ1) is 12.2. The van der Waals surface area contributed by atoms with Gasteiger partial charge in [-0.15, -0.1) is 24.0 Å². The molecule has 0 aliphatic carbocycles. The maximum absolute atomic E-state index is 5.79. The fourth-order valence-electron chi connectivity index (χ4n) is 2.38. The lowest BCUT2D eigenvalue weighted by atomic mass is 10.1. The molecular formula is C19H26ClIN4O. The minimum Gasteiger partial charge on any atom is -0.494 e. The van der Waals surface area contributed by atoms with E-state index in [2.05, 4.69) is 32.7 Å². The number of benzene rings is 1. The molecule has 0 aliphatic rings. The summed E-state index contributed by atoms with van der Waals surface area (Å²) in [6.45, 7) is 4.26. The summed E-state index contributed by atoms with van der Waals surface area (Å²) in [7, 11) is 1.77. The van der Waals surface area contributed by atoms with Crippen molar-refractivity contribution in [3.8, 4) is 5.75 Å². The lowest BCUT2D eigenvalue weighted by molar-refractivity contribution is 0.340. The Bertz CT molecular complexity index is 679. The molecule has 26 heavy (non-hydrogen) atoms. The summed E-state index contributed by atoms with van der Waals surface area (Å²) in [5.41, 5.74) is 2.38. The Balaban J connectivity index is 0.00000338. The monoisotopic (exact) mass is 488 g/mol. The Hall–Kier alpha value is -1.54. The van der Waals surface area contributed by atoms with Gasteiger partial charge in [0.1, 0.15) is 10.9 Å². The van der Waals surface area contributed by atoms with Crippen LogP contribution in [0.4, 0.5) is 0 Å². The Morgan fingerprint density at radius 2 is 1.85 bits per heavy atom. The molecule has 2 aromatic rings. The standard InChI is InChI=1S/C19H25ClN4O.HI/c1-3-25-17-6-4-5-15(13-17)9-11-22-19(21-2)23-12-10-16-7-8-18(20)24-14-16;/h4-8,13-14H,3,9-12H2,1-2H3,(H2,21,22,23);1H. The second kappa shape index (κ2) is 12.8. The maximum Gasteiger partial charge on any atom is 0.190 e. The van der Waals surface area contributed by atoms with Crippen molar-refractivity contribution in [1.29, 1.82) is 0 Å². The Morgan fingerprint density at radius 3 is 2.46 bits per heavy atom. The summed E-state index contributed by atoms with van der Waals surface area (Å²) in [4.78, 5) is 8.33. The van der Waals surface area contributed by atoms with Crippen molar-refractivity contribution in [2.24, 2.45) is 4.99 Å². The van der Waals surface area contributed by atoms with Gasteiger partial charge in [-0.3, -0.25) is 4.99 Å². The first kappa shape index (κ1) is 22.5. The van der Waals surface area contributed by atoms with E-state index >= 15 is 0 Å². The number of ether oxygens (including phenoxy) is 1. The highest BCUT2D eigenvalue weighted by molar-refractivity contribution is 14.0. The third-order valence-corrected chi connectivity index (χ3v) is 3.86. The maximum atomic E-state index is 5.79. The molecule has 0 atom stereocenters. The molecule has 1 aromatic heterocycles. The third-order valence-electron chi connectivity index (χ3n) is 3.63. The fourth-order valence-corrected chi connectivity index (χ4v) is 2.49. The summed E-state index contributed by atoms with van der Waals surface area (Å²) in [6, 6.07) is 12.0. The van der Waals surface area contributed by atoms with Gasteiger partial charge < -0.3 is 15.4 Å². The van der Waals surface area contributed by atoms with E-state index in [1.165, 1.54) is 5.56 Å². The van der Waals surface area contributed by atoms with E-state index in [1.54, 1.807) is 19.3 Å². The Kier molecular flexibility index (Phi) is 11.0. The van der Waals surface area contributed by atoms with E-state index in [0.717, 1.165) is 43.2 Å². The zero-order valence-electron chi connectivity index (χ0n) is 15.2. The van der Waals surface area contributed by atoms with E-state index in [1.807, 2.05) is 25.1 Å². The van der Waals surface area contributed by atoms with Gasteiger partial charge in [-0.1, -0.05) is 29.8 Å². The van der Waals surface area contributed by atoms with Crippen molar-refractivity contribution < 1.29 is 4.74 Å². The number of hydrogen-bond donors (Lipinski definition) is 2. The largest absolute Gasteiger partial charge is 0.494 e. The Labute approximate surface area is 177 Å². The quantitative estimate of drug-likeness (QED) is 0.257. The van der Waals surface area contributed by atoms with Crippen molar-refractivity contribution in [2.45, 2.75) is 19.8 Å². The zero-order chi connectivity index (χ0) is 17.9. The molecule has 0 saturated carbocycles. The number of guanidine groups is 1. The molecule has 1 aromatic carbocycles. The number of aliphatic imine (C=N–C) groups is 1. The predicted octanol–water partition coefficient (Wildman–Crippen LogP) is 3.70. The predicted molar refractivity (Wildman–Crippen MR) is 119 cm³/mol. The van der Waals surface area contributed by atoms with Gasteiger partial charge in [0.25, 0.3) is 0 Å². The second-order valence-electron chi connectivity index (χ2n) is 5.50. The second-order valence-corrected chi connectivity index (χ2v) is 5.88. The van der Waals surface area contributed by atoms with Crippen LogP contribution >= 0.6 is 35.6 Å². The minimum absolute atomic E-state index is 0. The molecule has 142 valence electrons. The molecule has 0 aliphatic heterocycles. The zero-order valence-corrected chi connectivity index (χ0v) is 18.3. The minimum atomic E-state index is 0. The summed E-state index contributed by atoms with van der Waals surface area (Å²) in [6.07, 6.45) is 3.57. The lowest BCUT2D eigenvalue weighted by Gasteiger charge is -2.12. The van der Waals surface area contributed by atoms with Gasteiger partial charge in [0.15, 0.2) is 5.96 Å². The van der Waals surface area contributed by atoms with Crippen LogP contribution in [0.15, 0.2) is 47.6 Å². The van der Waals surface area contributed by atoms with Gasteiger partial charge in [-0.2, -0.15) is 0 Å². The number of rotatable bonds is 8. The average molecular weight is 489 g/mol. The highest BCUT2D eigenvalue weighted by Crippen LogP contribution is 2.13. The molecule has 2 rings (SSSR count). The van der Waals surface area contributed by atoms with Crippen LogP contribution in [0.3, 0.4) is 0 Å². The van der Waals surface area contributed by atoms with Crippen molar-refractivity contribution in [3.05, 3.63) is 58.9 Å². The van der Waals surface area contributed by atoms with Crippen LogP contribution in [0.2, 0.25) is 5.15 Å².